The highest BCUT2D eigenvalue weighted by molar-refractivity contribution is 5.89. The second-order valence-electron chi connectivity index (χ2n) is 7.29. The lowest BCUT2D eigenvalue weighted by Gasteiger charge is -2.08. The van der Waals surface area contributed by atoms with Crippen LogP contribution in [0.2, 0.25) is 0 Å². The van der Waals surface area contributed by atoms with Gasteiger partial charge < -0.3 is 23.6 Å². The van der Waals surface area contributed by atoms with Gasteiger partial charge in [-0.05, 0) is 48.4 Å². The maximum Gasteiger partial charge on any atom is 0.374 e. The number of nitrogens with zero attached hydrogens (tertiary/aromatic N) is 1. The Bertz CT molecular complexity index is 1240. The van der Waals surface area contributed by atoms with Gasteiger partial charge in [0.25, 0.3) is 0 Å². The van der Waals surface area contributed by atoms with Crippen molar-refractivity contribution in [2.45, 2.75) is 26.5 Å². The molecule has 32 heavy (non-hydrogen) atoms. The van der Waals surface area contributed by atoms with Crippen molar-refractivity contribution >= 4 is 22.8 Å². The molecule has 2 heterocycles. The SMILES string of the molecule is CCOC(=O)c1ccc(Cn2cc(CC(=O)O)c3cc(OCc4ccccc4)ccc32)o1. The fourth-order valence-corrected chi connectivity index (χ4v) is 3.56. The first-order chi connectivity index (χ1) is 15.5. The summed E-state index contributed by atoms with van der Waals surface area (Å²) in [5, 5.41) is 10.2. The second-order valence-corrected chi connectivity index (χ2v) is 7.29. The number of furan rings is 1. The van der Waals surface area contributed by atoms with E-state index in [9.17, 15) is 14.7 Å². The summed E-state index contributed by atoms with van der Waals surface area (Å²) in [6, 6.07) is 18.7. The van der Waals surface area contributed by atoms with E-state index in [1.54, 1.807) is 25.3 Å². The van der Waals surface area contributed by atoms with Crippen molar-refractivity contribution < 1.29 is 28.6 Å². The molecule has 0 spiro atoms. The van der Waals surface area contributed by atoms with Gasteiger partial charge in [0.15, 0.2) is 0 Å². The van der Waals surface area contributed by atoms with E-state index in [1.807, 2.05) is 53.1 Å². The Kier molecular flexibility index (Phi) is 6.26. The molecule has 0 saturated heterocycles. The lowest BCUT2D eigenvalue weighted by molar-refractivity contribution is -0.136. The molecule has 7 nitrogen and oxygen atoms in total. The highest BCUT2D eigenvalue weighted by Gasteiger charge is 2.16. The standard InChI is InChI=1S/C25H23NO6/c1-2-30-25(29)23-11-9-20(32-23)15-26-14-18(12-24(27)28)21-13-19(8-10-22(21)26)31-16-17-6-4-3-5-7-17/h3-11,13-14H,2,12,15-16H2,1H3,(H,27,28). The molecule has 0 aliphatic heterocycles. The van der Waals surface area contributed by atoms with E-state index in [2.05, 4.69) is 0 Å². The number of carboxylic acids is 1. The molecule has 0 fully saturated rings. The van der Waals surface area contributed by atoms with Gasteiger partial charge in [-0.2, -0.15) is 0 Å². The third kappa shape index (κ3) is 4.83. The number of aliphatic carboxylic acids is 1. The van der Waals surface area contributed by atoms with Crippen molar-refractivity contribution in [2.24, 2.45) is 0 Å². The van der Waals surface area contributed by atoms with Gasteiger partial charge in [0.2, 0.25) is 5.76 Å². The van der Waals surface area contributed by atoms with E-state index in [-0.39, 0.29) is 18.8 Å². The van der Waals surface area contributed by atoms with Crippen molar-refractivity contribution in [1.82, 2.24) is 4.57 Å². The van der Waals surface area contributed by atoms with Crippen molar-refractivity contribution in [2.75, 3.05) is 6.61 Å². The van der Waals surface area contributed by atoms with Gasteiger partial charge in [0, 0.05) is 17.1 Å². The first kappa shape index (κ1) is 21.2. The third-order valence-electron chi connectivity index (χ3n) is 4.99. The van der Waals surface area contributed by atoms with Gasteiger partial charge in [0.05, 0.1) is 19.6 Å². The number of hydrogen-bond donors (Lipinski definition) is 1. The summed E-state index contributed by atoms with van der Waals surface area (Å²) in [4.78, 5) is 23.3. The van der Waals surface area contributed by atoms with E-state index in [0.717, 1.165) is 16.5 Å². The Balaban J connectivity index is 1.60. The summed E-state index contributed by atoms with van der Waals surface area (Å²) in [6.07, 6.45) is 1.68. The number of carbonyl (C=O) groups excluding carboxylic acids is 1. The molecule has 0 bridgehead atoms. The molecule has 0 atom stereocenters. The fourth-order valence-electron chi connectivity index (χ4n) is 3.56. The average Bonchev–Trinajstić information content (AvgIpc) is 3.38. The predicted molar refractivity (Wildman–Crippen MR) is 118 cm³/mol. The van der Waals surface area contributed by atoms with E-state index < -0.39 is 11.9 Å². The Hall–Kier alpha value is -4.00. The van der Waals surface area contributed by atoms with E-state index >= 15 is 0 Å². The fraction of sp³-hybridized carbons (Fsp3) is 0.200. The Labute approximate surface area is 184 Å². The largest absolute Gasteiger partial charge is 0.489 e. The van der Waals surface area contributed by atoms with Crippen LogP contribution < -0.4 is 4.74 Å². The maximum atomic E-state index is 11.8. The van der Waals surface area contributed by atoms with Crippen LogP contribution in [0.1, 0.15) is 34.4 Å². The molecular weight excluding hydrogens is 410 g/mol. The minimum Gasteiger partial charge on any atom is -0.489 e. The molecule has 0 aliphatic carbocycles. The van der Waals surface area contributed by atoms with Crippen LogP contribution in [0.5, 0.6) is 5.75 Å². The number of esters is 1. The summed E-state index contributed by atoms with van der Waals surface area (Å²) in [5.41, 5.74) is 2.57. The van der Waals surface area contributed by atoms with Gasteiger partial charge >= 0.3 is 11.9 Å². The number of hydrogen-bond acceptors (Lipinski definition) is 5. The molecule has 164 valence electrons. The lowest BCUT2D eigenvalue weighted by atomic mass is 10.1. The van der Waals surface area contributed by atoms with Crippen molar-refractivity contribution in [3.8, 4) is 5.75 Å². The van der Waals surface area contributed by atoms with Gasteiger partial charge in [-0.1, -0.05) is 30.3 Å². The predicted octanol–water partition coefficient (Wildman–Crippen LogP) is 4.67. The van der Waals surface area contributed by atoms with Crippen molar-refractivity contribution in [3.63, 3.8) is 0 Å². The summed E-state index contributed by atoms with van der Waals surface area (Å²) in [6.45, 7) is 2.77. The van der Waals surface area contributed by atoms with E-state index in [0.29, 0.717) is 30.2 Å². The van der Waals surface area contributed by atoms with Crippen LogP contribution in [-0.4, -0.2) is 28.2 Å². The molecular formula is C25H23NO6. The highest BCUT2D eigenvalue weighted by atomic mass is 16.5. The number of benzene rings is 2. The van der Waals surface area contributed by atoms with Gasteiger partial charge in [-0.3, -0.25) is 4.79 Å². The Morgan fingerprint density at radius 2 is 1.88 bits per heavy atom. The third-order valence-corrected chi connectivity index (χ3v) is 4.99. The second kappa shape index (κ2) is 9.43. The number of aromatic nitrogens is 1. The zero-order valence-corrected chi connectivity index (χ0v) is 17.6. The van der Waals surface area contributed by atoms with Crippen LogP contribution in [-0.2, 0) is 29.1 Å². The maximum absolute atomic E-state index is 11.8. The van der Waals surface area contributed by atoms with Crippen LogP contribution in [0, 0.1) is 0 Å². The Morgan fingerprint density at radius 3 is 2.62 bits per heavy atom. The smallest absolute Gasteiger partial charge is 0.374 e. The topological polar surface area (TPSA) is 90.9 Å². The minimum atomic E-state index is -0.915. The highest BCUT2D eigenvalue weighted by Crippen LogP contribution is 2.28. The Morgan fingerprint density at radius 1 is 1.06 bits per heavy atom. The zero-order valence-electron chi connectivity index (χ0n) is 17.6. The van der Waals surface area contributed by atoms with Crippen molar-refractivity contribution in [1.29, 1.82) is 0 Å². The van der Waals surface area contributed by atoms with Crippen LogP contribution in [0.15, 0.2) is 71.3 Å². The van der Waals surface area contributed by atoms with Crippen LogP contribution in [0.3, 0.4) is 0 Å². The first-order valence-corrected chi connectivity index (χ1v) is 10.3. The summed E-state index contributed by atoms with van der Waals surface area (Å²) in [7, 11) is 0. The van der Waals surface area contributed by atoms with E-state index in [4.69, 9.17) is 13.9 Å². The lowest BCUT2D eigenvalue weighted by Crippen LogP contribution is -2.03. The monoisotopic (exact) mass is 433 g/mol. The number of ether oxygens (including phenoxy) is 2. The molecule has 0 radical (unpaired) electrons. The first-order valence-electron chi connectivity index (χ1n) is 10.3. The summed E-state index contributed by atoms with van der Waals surface area (Å²) < 4.78 is 18.4. The average molecular weight is 433 g/mol. The quantitative estimate of drug-likeness (QED) is 0.386. The molecule has 4 aromatic rings. The molecule has 0 amide bonds. The molecule has 0 unspecified atom stereocenters. The molecule has 2 aromatic heterocycles. The molecule has 2 aromatic carbocycles. The number of rotatable bonds is 9. The minimum absolute atomic E-state index is 0.113. The van der Waals surface area contributed by atoms with E-state index in [1.165, 1.54) is 0 Å². The van der Waals surface area contributed by atoms with Crippen molar-refractivity contribution in [3.05, 3.63) is 89.5 Å². The van der Waals surface area contributed by atoms with Crippen LogP contribution in [0.25, 0.3) is 10.9 Å². The molecule has 1 N–H and O–H groups in total. The number of carbonyl (C=O) groups is 2. The summed E-state index contributed by atoms with van der Waals surface area (Å²) in [5.74, 6) is -0.0598. The van der Waals surface area contributed by atoms with Crippen LogP contribution >= 0.6 is 0 Å². The van der Waals surface area contributed by atoms with Gasteiger partial charge in [-0.25, -0.2) is 4.79 Å². The number of carboxylic acid groups (broad SMARTS) is 1. The summed E-state index contributed by atoms with van der Waals surface area (Å²) >= 11 is 0. The van der Waals surface area contributed by atoms with Gasteiger partial charge in [-0.15, -0.1) is 0 Å². The molecule has 0 aliphatic rings. The molecule has 7 heteroatoms. The molecule has 0 saturated carbocycles. The normalized spacial score (nSPS) is 10.9. The zero-order chi connectivity index (χ0) is 22.5. The molecule has 4 rings (SSSR count). The number of fused-ring (bicyclic) bond motifs is 1. The van der Waals surface area contributed by atoms with Crippen LogP contribution in [0.4, 0.5) is 0 Å². The van der Waals surface area contributed by atoms with Gasteiger partial charge in [0.1, 0.15) is 18.1 Å².